The van der Waals surface area contributed by atoms with Crippen molar-refractivity contribution in [2.24, 2.45) is 0 Å². The Labute approximate surface area is 195 Å². The maximum atomic E-state index is 6.35. The molecule has 0 saturated carbocycles. The van der Waals surface area contributed by atoms with Crippen LogP contribution in [-0.2, 0) is 11.3 Å². The summed E-state index contributed by atoms with van der Waals surface area (Å²) < 4.78 is 12.2. The van der Waals surface area contributed by atoms with Gasteiger partial charge in [-0.05, 0) is 66.3 Å². The molecule has 2 unspecified atom stereocenters. The number of rotatable bonds is 9. The Hall–Kier alpha value is -2.53. The SMILES string of the molecule is CSc1ccc(COC2CNCCC2c2ccc(OCC=Cc3ccccc3)cc2)cc1. The van der Waals surface area contributed by atoms with Crippen LogP contribution in [-0.4, -0.2) is 32.1 Å². The third-order valence-electron chi connectivity index (χ3n) is 5.81. The molecular weight excluding hydrogens is 414 g/mol. The van der Waals surface area contributed by atoms with Gasteiger partial charge in [-0.3, -0.25) is 0 Å². The van der Waals surface area contributed by atoms with E-state index in [0.717, 1.165) is 25.3 Å². The second-order valence-corrected chi connectivity index (χ2v) is 8.87. The van der Waals surface area contributed by atoms with E-state index in [9.17, 15) is 0 Å². The lowest BCUT2D eigenvalue weighted by Crippen LogP contribution is -2.40. The van der Waals surface area contributed by atoms with E-state index in [-0.39, 0.29) is 6.10 Å². The summed E-state index contributed by atoms with van der Waals surface area (Å²) in [7, 11) is 0. The first-order valence-electron chi connectivity index (χ1n) is 11.2. The van der Waals surface area contributed by atoms with Gasteiger partial charge in [0.25, 0.3) is 0 Å². The zero-order chi connectivity index (χ0) is 22.0. The van der Waals surface area contributed by atoms with Gasteiger partial charge >= 0.3 is 0 Å². The van der Waals surface area contributed by atoms with Crippen LogP contribution in [0.15, 0.2) is 89.8 Å². The molecule has 4 heteroatoms. The second-order valence-electron chi connectivity index (χ2n) is 7.99. The van der Waals surface area contributed by atoms with Crippen LogP contribution < -0.4 is 10.1 Å². The molecule has 2 atom stereocenters. The zero-order valence-corrected chi connectivity index (χ0v) is 19.4. The minimum absolute atomic E-state index is 0.171. The monoisotopic (exact) mass is 445 g/mol. The molecule has 3 aromatic carbocycles. The molecule has 166 valence electrons. The average molecular weight is 446 g/mol. The van der Waals surface area contributed by atoms with Crippen LogP contribution in [0.25, 0.3) is 6.08 Å². The summed E-state index contributed by atoms with van der Waals surface area (Å²) >= 11 is 1.76. The van der Waals surface area contributed by atoms with Gasteiger partial charge in [0.15, 0.2) is 0 Å². The molecule has 3 nitrogen and oxygen atoms in total. The van der Waals surface area contributed by atoms with Crippen molar-refractivity contribution in [3.63, 3.8) is 0 Å². The lowest BCUT2D eigenvalue weighted by atomic mass is 9.87. The fourth-order valence-electron chi connectivity index (χ4n) is 4.02. The summed E-state index contributed by atoms with van der Waals surface area (Å²) in [4.78, 5) is 1.28. The number of ether oxygens (including phenoxy) is 2. The minimum atomic E-state index is 0.171. The van der Waals surface area contributed by atoms with E-state index in [0.29, 0.717) is 19.1 Å². The van der Waals surface area contributed by atoms with Gasteiger partial charge in [-0.25, -0.2) is 0 Å². The first-order valence-corrected chi connectivity index (χ1v) is 12.4. The summed E-state index contributed by atoms with van der Waals surface area (Å²) in [6.07, 6.45) is 7.48. The van der Waals surface area contributed by atoms with Crippen LogP contribution in [0.1, 0.15) is 29.0 Å². The first-order chi connectivity index (χ1) is 15.8. The van der Waals surface area contributed by atoms with Gasteiger partial charge in [0.05, 0.1) is 12.7 Å². The molecule has 1 saturated heterocycles. The van der Waals surface area contributed by atoms with Gasteiger partial charge in [-0.15, -0.1) is 11.8 Å². The normalized spacial score (nSPS) is 18.7. The molecule has 0 radical (unpaired) electrons. The molecule has 1 fully saturated rings. The van der Waals surface area contributed by atoms with Crippen LogP contribution >= 0.6 is 11.8 Å². The van der Waals surface area contributed by atoms with Crippen LogP contribution in [0.2, 0.25) is 0 Å². The number of piperidine rings is 1. The molecule has 1 heterocycles. The minimum Gasteiger partial charge on any atom is -0.490 e. The summed E-state index contributed by atoms with van der Waals surface area (Å²) in [5.74, 6) is 1.29. The Balaban J connectivity index is 1.31. The second kappa shape index (κ2) is 11.9. The van der Waals surface area contributed by atoms with E-state index in [1.807, 2.05) is 24.3 Å². The third-order valence-corrected chi connectivity index (χ3v) is 6.56. The highest BCUT2D eigenvalue weighted by Gasteiger charge is 2.27. The van der Waals surface area contributed by atoms with Crippen molar-refractivity contribution in [1.82, 2.24) is 5.32 Å². The molecule has 0 amide bonds. The molecule has 4 rings (SSSR count). The highest BCUT2D eigenvalue weighted by atomic mass is 32.2. The van der Waals surface area contributed by atoms with Crippen LogP contribution in [0.5, 0.6) is 5.75 Å². The average Bonchev–Trinajstić information content (AvgIpc) is 2.87. The summed E-state index contributed by atoms with van der Waals surface area (Å²) in [5, 5.41) is 3.49. The number of hydrogen-bond donors (Lipinski definition) is 1. The highest BCUT2D eigenvalue weighted by Crippen LogP contribution is 2.30. The maximum Gasteiger partial charge on any atom is 0.119 e. The molecule has 1 aliphatic rings. The molecule has 1 N–H and O–H groups in total. The van der Waals surface area contributed by atoms with Crippen molar-refractivity contribution >= 4 is 17.8 Å². The predicted molar refractivity (Wildman–Crippen MR) is 134 cm³/mol. The fourth-order valence-corrected chi connectivity index (χ4v) is 4.42. The van der Waals surface area contributed by atoms with E-state index in [1.54, 1.807) is 11.8 Å². The topological polar surface area (TPSA) is 30.5 Å². The van der Waals surface area contributed by atoms with Crippen molar-refractivity contribution < 1.29 is 9.47 Å². The Morgan fingerprint density at radius 1 is 0.969 bits per heavy atom. The lowest BCUT2D eigenvalue weighted by molar-refractivity contribution is 0.0106. The number of hydrogen-bond acceptors (Lipinski definition) is 4. The molecule has 1 aliphatic heterocycles. The first kappa shape index (κ1) is 22.7. The van der Waals surface area contributed by atoms with Gasteiger partial charge in [-0.1, -0.05) is 60.7 Å². The molecule has 0 aromatic heterocycles. The van der Waals surface area contributed by atoms with E-state index in [2.05, 4.69) is 78.3 Å². The maximum absolute atomic E-state index is 6.35. The van der Waals surface area contributed by atoms with Crippen LogP contribution in [0, 0.1) is 0 Å². The molecule has 3 aromatic rings. The van der Waals surface area contributed by atoms with Crippen LogP contribution in [0.4, 0.5) is 0 Å². The quantitative estimate of drug-likeness (QED) is 0.399. The highest BCUT2D eigenvalue weighted by molar-refractivity contribution is 7.98. The third kappa shape index (κ3) is 6.49. The predicted octanol–water partition coefficient (Wildman–Crippen LogP) is 6.16. The Kier molecular flexibility index (Phi) is 8.43. The summed E-state index contributed by atoms with van der Waals surface area (Å²) in [5.41, 5.74) is 3.73. The summed E-state index contributed by atoms with van der Waals surface area (Å²) in [6, 6.07) is 27.5. The van der Waals surface area contributed by atoms with Gasteiger partial charge < -0.3 is 14.8 Å². The molecular formula is C28H31NO2S. The van der Waals surface area contributed by atoms with Gasteiger partial charge in [0.1, 0.15) is 12.4 Å². The molecule has 0 aliphatic carbocycles. The number of nitrogens with one attached hydrogen (secondary N) is 1. The van der Waals surface area contributed by atoms with Crippen molar-refractivity contribution in [1.29, 1.82) is 0 Å². The fraction of sp³-hybridized carbons (Fsp3) is 0.286. The van der Waals surface area contributed by atoms with Crippen molar-refractivity contribution in [2.45, 2.75) is 29.9 Å². The zero-order valence-electron chi connectivity index (χ0n) is 18.6. The lowest BCUT2D eigenvalue weighted by Gasteiger charge is -2.32. The molecule has 0 spiro atoms. The molecule has 32 heavy (non-hydrogen) atoms. The smallest absolute Gasteiger partial charge is 0.119 e. The summed E-state index contributed by atoms with van der Waals surface area (Å²) in [6.45, 7) is 3.11. The van der Waals surface area contributed by atoms with E-state index in [4.69, 9.17) is 9.47 Å². The Morgan fingerprint density at radius 3 is 2.50 bits per heavy atom. The van der Waals surface area contributed by atoms with Gasteiger partial charge in [0.2, 0.25) is 0 Å². The number of benzene rings is 3. The molecule has 0 bridgehead atoms. The Morgan fingerprint density at radius 2 is 1.75 bits per heavy atom. The van der Waals surface area contributed by atoms with Crippen LogP contribution in [0.3, 0.4) is 0 Å². The standard InChI is InChI=1S/C28H31NO2S/c1-32-26-15-9-23(10-16-26)21-31-28-20-29-18-17-27(28)24-11-13-25(14-12-24)30-19-5-8-22-6-3-2-4-7-22/h2-16,27-29H,17-21H2,1H3. The van der Waals surface area contributed by atoms with Crippen molar-refractivity contribution in [3.05, 3.63) is 102 Å². The largest absolute Gasteiger partial charge is 0.490 e. The van der Waals surface area contributed by atoms with E-state index >= 15 is 0 Å². The number of thioether (sulfide) groups is 1. The van der Waals surface area contributed by atoms with E-state index in [1.165, 1.54) is 21.6 Å². The van der Waals surface area contributed by atoms with Gasteiger partial charge in [0, 0.05) is 17.4 Å². The van der Waals surface area contributed by atoms with Gasteiger partial charge in [-0.2, -0.15) is 0 Å². The van der Waals surface area contributed by atoms with Crippen molar-refractivity contribution in [3.8, 4) is 5.75 Å². The van der Waals surface area contributed by atoms with Crippen molar-refractivity contribution in [2.75, 3.05) is 26.0 Å². The van der Waals surface area contributed by atoms with E-state index < -0.39 is 0 Å². The Bertz CT molecular complexity index is 971.